The first-order chi connectivity index (χ1) is 10.2. The molecule has 0 aromatic carbocycles. The Hall–Kier alpha value is -1.81. The fourth-order valence-corrected chi connectivity index (χ4v) is 1.82. The molecule has 2 rings (SSSR count). The predicted molar refractivity (Wildman–Crippen MR) is 73.2 cm³/mol. The molecule has 21 heavy (non-hydrogen) atoms. The molecule has 0 saturated carbocycles. The standard InChI is InChI=1S/C10H12N2O5.2CH4O/c13-4-6-3-12(10(16)11-9(6)15)8-2-1-7(5-14)17-8;2*1-2/h3-4,7-8,14H,1-2,5H2,(H,11,15,16);2*2H,1H3. The van der Waals surface area contributed by atoms with Crippen molar-refractivity contribution in [2.75, 3.05) is 20.8 Å². The fourth-order valence-electron chi connectivity index (χ4n) is 1.82. The van der Waals surface area contributed by atoms with Gasteiger partial charge in [0.25, 0.3) is 5.56 Å². The zero-order valence-corrected chi connectivity index (χ0v) is 11.9. The van der Waals surface area contributed by atoms with Crippen LogP contribution >= 0.6 is 0 Å². The van der Waals surface area contributed by atoms with Crippen LogP contribution in [0.4, 0.5) is 0 Å². The minimum absolute atomic E-state index is 0.116. The molecule has 2 unspecified atom stereocenters. The van der Waals surface area contributed by atoms with E-state index in [1.54, 1.807) is 0 Å². The average Bonchev–Trinajstić information content (AvgIpc) is 3.00. The Bertz CT molecular complexity index is 537. The molecule has 1 aromatic heterocycles. The van der Waals surface area contributed by atoms with Crippen LogP contribution in [0.1, 0.15) is 29.4 Å². The summed E-state index contributed by atoms with van der Waals surface area (Å²) < 4.78 is 6.56. The number of hydrogen-bond donors (Lipinski definition) is 4. The van der Waals surface area contributed by atoms with Crippen LogP contribution < -0.4 is 11.2 Å². The molecule has 1 aliphatic rings. The van der Waals surface area contributed by atoms with Gasteiger partial charge in [-0.05, 0) is 12.8 Å². The van der Waals surface area contributed by atoms with Gasteiger partial charge in [0, 0.05) is 20.4 Å². The first-order valence-corrected chi connectivity index (χ1v) is 6.12. The monoisotopic (exact) mass is 304 g/mol. The molecular weight excluding hydrogens is 284 g/mol. The number of ether oxygens (including phenoxy) is 1. The number of aliphatic hydroxyl groups excluding tert-OH is 3. The van der Waals surface area contributed by atoms with Gasteiger partial charge in [-0.3, -0.25) is 19.1 Å². The third kappa shape index (κ3) is 4.90. The molecule has 1 aliphatic heterocycles. The lowest BCUT2D eigenvalue weighted by Gasteiger charge is -2.14. The highest BCUT2D eigenvalue weighted by atomic mass is 16.5. The first kappa shape index (κ1) is 19.2. The number of aldehydes is 1. The van der Waals surface area contributed by atoms with Crippen molar-refractivity contribution in [2.24, 2.45) is 0 Å². The molecule has 2 atom stereocenters. The van der Waals surface area contributed by atoms with E-state index in [1.807, 2.05) is 4.98 Å². The lowest BCUT2D eigenvalue weighted by atomic mass is 10.2. The quantitative estimate of drug-likeness (QED) is 0.484. The number of H-pyrrole nitrogens is 1. The second-order valence-corrected chi connectivity index (χ2v) is 3.84. The van der Waals surface area contributed by atoms with Gasteiger partial charge in [0.2, 0.25) is 0 Å². The van der Waals surface area contributed by atoms with E-state index in [0.717, 1.165) is 14.2 Å². The molecule has 1 aromatic rings. The topological polar surface area (TPSA) is 142 Å². The van der Waals surface area contributed by atoms with E-state index in [9.17, 15) is 14.4 Å². The van der Waals surface area contributed by atoms with Crippen molar-refractivity contribution in [3.8, 4) is 0 Å². The highest BCUT2D eigenvalue weighted by Gasteiger charge is 2.27. The van der Waals surface area contributed by atoms with Gasteiger partial charge >= 0.3 is 5.69 Å². The van der Waals surface area contributed by atoms with Crippen LogP contribution in [-0.2, 0) is 4.74 Å². The third-order valence-electron chi connectivity index (χ3n) is 2.72. The Labute approximate surface area is 120 Å². The predicted octanol–water partition coefficient (Wildman–Crippen LogP) is -1.76. The Morgan fingerprint density at radius 3 is 2.43 bits per heavy atom. The summed E-state index contributed by atoms with van der Waals surface area (Å²) in [4.78, 5) is 35.4. The summed E-state index contributed by atoms with van der Waals surface area (Å²) in [7, 11) is 2.00. The molecule has 4 N–H and O–H groups in total. The molecule has 0 radical (unpaired) electrons. The highest BCUT2D eigenvalue weighted by Crippen LogP contribution is 2.26. The van der Waals surface area contributed by atoms with E-state index in [1.165, 1.54) is 10.8 Å². The van der Waals surface area contributed by atoms with Crippen LogP contribution in [0.25, 0.3) is 0 Å². The van der Waals surface area contributed by atoms with Gasteiger partial charge in [-0.15, -0.1) is 0 Å². The van der Waals surface area contributed by atoms with Crippen LogP contribution in [-0.4, -0.2) is 58.1 Å². The van der Waals surface area contributed by atoms with E-state index in [0.29, 0.717) is 19.1 Å². The molecule has 9 heteroatoms. The molecule has 0 aliphatic carbocycles. The van der Waals surface area contributed by atoms with Crippen LogP contribution in [0.2, 0.25) is 0 Å². The molecule has 0 bridgehead atoms. The number of carbonyl (C=O) groups is 1. The third-order valence-corrected chi connectivity index (χ3v) is 2.72. The lowest BCUT2D eigenvalue weighted by Crippen LogP contribution is -2.34. The zero-order valence-electron chi connectivity index (χ0n) is 11.9. The largest absolute Gasteiger partial charge is 0.400 e. The van der Waals surface area contributed by atoms with Crippen molar-refractivity contribution in [3.63, 3.8) is 0 Å². The maximum Gasteiger partial charge on any atom is 0.330 e. The summed E-state index contributed by atoms with van der Waals surface area (Å²) >= 11 is 0. The molecule has 0 spiro atoms. The van der Waals surface area contributed by atoms with Gasteiger partial charge in [-0.25, -0.2) is 4.79 Å². The molecule has 0 amide bonds. The van der Waals surface area contributed by atoms with Crippen molar-refractivity contribution in [1.82, 2.24) is 9.55 Å². The summed E-state index contributed by atoms with van der Waals surface area (Å²) in [6, 6.07) is 0. The summed E-state index contributed by atoms with van der Waals surface area (Å²) in [6.45, 7) is -0.116. The number of aliphatic hydroxyl groups is 3. The molecule has 120 valence electrons. The molecular formula is C12H20N2O7. The lowest BCUT2D eigenvalue weighted by molar-refractivity contribution is -0.0246. The van der Waals surface area contributed by atoms with E-state index >= 15 is 0 Å². The number of rotatable bonds is 3. The number of hydrogen-bond acceptors (Lipinski definition) is 7. The summed E-state index contributed by atoms with van der Waals surface area (Å²) in [6.07, 6.45) is 1.89. The fraction of sp³-hybridized carbons (Fsp3) is 0.583. The Balaban J connectivity index is 0.000000921. The van der Waals surface area contributed by atoms with E-state index in [4.69, 9.17) is 20.1 Å². The smallest absolute Gasteiger partial charge is 0.330 e. The molecule has 1 saturated heterocycles. The maximum absolute atomic E-state index is 11.5. The number of nitrogens with one attached hydrogen (secondary N) is 1. The van der Waals surface area contributed by atoms with E-state index in [2.05, 4.69) is 0 Å². The molecule has 9 nitrogen and oxygen atoms in total. The van der Waals surface area contributed by atoms with Gasteiger partial charge in [-0.1, -0.05) is 0 Å². The average molecular weight is 304 g/mol. The van der Waals surface area contributed by atoms with Gasteiger partial charge in [-0.2, -0.15) is 0 Å². The van der Waals surface area contributed by atoms with Gasteiger partial charge < -0.3 is 20.1 Å². The van der Waals surface area contributed by atoms with E-state index in [-0.39, 0.29) is 18.3 Å². The van der Waals surface area contributed by atoms with Crippen molar-refractivity contribution in [2.45, 2.75) is 25.2 Å². The van der Waals surface area contributed by atoms with Gasteiger partial charge in [0.15, 0.2) is 6.29 Å². The minimum atomic E-state index is -0.710. The van der Waals surface area contributed by atoms with Gasteiger partial charge in [0.05, 0.1) is 18.3 Å². The van der Waals surface area contributed by atoms with Crippen molar-refractivity contribution < 1.29 is 24.9 Å². The number of carbonyl (C=O) groups excluding carboxylic acids is 1. The summed E-state index contributed by atoms with van der Waals surface area (Å²) in [5.41, 5.74) is -1.46. The second-order valence-electron chi connectivity index (χ2n) is 3.84. The number of aromatic amines is 1. The van der Waals surface area contributed by atoms with Crippen molar-refractivity contribution in [3.05, 3.63) is 32.6 Å². The zero-order chi connectivity index (χ0) is 16.4. The minimum Gasteiger partial charge on any atom is -0.400 e. The second kappa shape index (κ2) is 10.00. The van der Waals surface area contributed by atoms with E-state index < -0.39 is 17.5 Å². The molecule has 1 fully saturated rings. The number of aromatic nitrogens is 2. The Morgan fingerprint density at radius 1 is 1.33 bits per heavy atom. The Kier molecular flexibility index (Phi) is 9.13. The van der Waals surface area contributed by atoms with Crippen molar-refractivity contribution >= 4 is 6.29 Å². The van der Waals surface area contributed by atoms with Gasteiger partial charge in [0.1, 0.15) is 6.23 Å². The van der Waals surface area contributed by atoms with Crippen LogP contribution in [0.5, 0.6) is 0 Å². The number of nitrogens with zero attached hydrogens (tertiary/aromatic N) is 1. The van der Waals surface area contributed by atoms with Crippen LogP contribution in [0.3, 0.4) is 0 Å². The van der Waals surface area contributed by atoms with Crippen LogP contribution in [0.15, 0.2) is 15.8 Å². The first-order valence-electron chi connectivity index (χ1n) is 6.12. The van der Waals surface area contributed by atoms with Crippen molar-refractivity contribution in [1.29, 1.82) is 0 Å². The summed E-state index contributed by atoms with van der Waals surface area (Å²) in [5.74, 6) is 0. The Morgan fingerprint density at radius 2 is 1.95 bits per heavy atom. The normalized spacial score (nSPS) is 19.9. The van der Waals surface area contributed by atoms with Crippen LogP contribution in [0, 0.1) is 0 Å². The highest BCUT2D eigenvalue weighted by molar-refractivity contribution is 5.73. The molecule has 2 heterocycles. The SMILES string of the molecule is CO.CO.O=Cc1cn(C2CCC(CO)O2)c(=O)[nH]c1=O. The summed E-state index contributed by atoms with van der Waals surface area (Å²) in [5, 5.41) is 22.9. The maximum atomic E-state index is 11.5.